The molecule has 1 atom stereocenters. The first kappa shape index (κ1) is 15.1. The fourth-order valence-corrected chi connectivity index (χ4v) is 2.44. The smallest absolute Gasteiger partial charge is 0.146 e. The largest absolute Gasteiger partial charge is 0.508 e. The SMILES string of the molecule is CCCCCCCCO[P+](=O)CCCC. The third-order valence-electron chi connectivity index (χ3n) is 2.43. The van der Waals surface area contributed by atoms with E-state index in [9.17, 15) is 4.57 Å². The second kappa shape index (κ2) is 12.1. The Morgan fingerprint density at radius 1 is 0.867 bits per heavy atom. The molecule has 0 amide bonds. The molecular weight excluding hydrogens is 207 g/mol. The Kier molecular flexibility index (Phi) is 12.2. The van der Waals surface area contributed by atoms with Gasteiger partial charge in [0.2, 0.25) is 0 Å². The van der Waals surface area contributed by atoms with Crippen LogP contribution in [0.5, 0.6) is 0 Å². The summed E-state index contributed by atoms with van der Waals surface area (Å²) in [7, 11) is -1.36. The van der Waals surface area contributed by atoms with E-state index in [-0.39, 0.29) is 0 Å². The first-order chi connectivity index (χ1) is 7.31. The van der Waals surface area contributed by atoms with Crippen LogP contribution in [0.25, 0.3) is 0 Å². The van der Waals surface area contributed by atoms with Crippen LogP contribution in [0.1, 0.15) is 65.2 Å². The number of hydrogen-bond acceptors (Lipinski definition) is 2. The van der Waals surface area contributed by atoms with Crippen LogP contribution in [-0.4, -0.2) is 12.8 Å². The summed E-state index contributed by atoms with van der Waals surface area (Å²) in [6.07, 6.45) is 10.4. The third kappa shape index (κ3) is 12.0. The summed E-state index contributed by atoms with van der Waals surface area (Å²) in [4.78, 5) is 0. The molecular formula is C12H26O2P+. The van der Waals surface area contributed by atoms with Gasteiger partial charge in [-0.05, 0) is 17.4 Å². The van der Waals surface area contributed by atoms with Crippen molar-refractivity contribution < 1.29 is 9.09 Å². The minimum atomic E-state index is -1.36. The van der Waals surface area contributed by atoms with Crippen molar-refractivity contribution in [1.82, 2.24) is 0 Å². The first-order valence-corrected chi connectivity index (χ1v) is 7.75. The predicted molar refractivity (Wildman–Crippen MR) is 66.7 cm³/mol. The van der Waals surface area contributed by atoms with Crippen molar-refractivity contribution in [1.29, 1.82) is 0 Å². The van der Waals surface area contributed by atoms with Crippen molar-refractivity contribution in [3.05, 3.63) is 0 Å². The molecule has 0 bridgehead atoms. The topological polar surface area (TPSA) is 26.3 Å². The Labute approximate surface area is 95.7 Å². The van der Waals surface area contributed by atoms with Crippen LogP contribution in [0.15, 0.2) is 0 Å². The van der Waals surface area contributed by atoms with Gasteiger partial charge in [-0.3, -0.25) is 0 Å². The van der Waals surface area contributed by atoms with Gasteiger partial charge in [-0.15, -0.1) is 4.52 Å². The van der Waals surface area contributed by atoms with Crippen molar-refractivity contribution in [2.75, 3.05) is 12.8 Å². The molecule has 2 nitrogen and oxygen atoms in total. The van der Waals surface area contributed by atoms with Crippen LogP contribution < -0.4 is 0 Å². The second-order valence-electron chi connectivity index (χ2n) is 4.01. The van der Waals surface area contributed by atoms with Crippen molar-refractivity contribution in [2.45, 2.75) is 65.2 Å². The van der Waals surface area contributed by atoms with Crippen LogP contribution >= 0.6 is 8.03 Å². The molecule has 0 rings (SSSR count). The molecule has 0 aromatic carbocycles. The highest BCUT2D eigenvalue weighted by molar-refractivity contribution is 7.39. The fourth-order valence-electron chi connectivity index (χ4n) is 1.40. The van der Waals surface area contributed by atoms with Crippen LogP contribution in [0.3, 0.4) is 0 Å². The molecule has 0 aromatic rings. The number of rotatable bonds is 11. The van der Waals surface area contributed by atoms with Crippen molar-refractivity contribution >= 4 is 8.03 Å². The first-order valence-electron chi connectivity index (χ1n) is 6.38. The molecule has 15 heavy (non-hydrogen) atoms. The lowest BCUT2D eigenvalue weighted by molar-refractivity contribution is 0.315. The van der Waals surface area contributed by atoms with Crippen LogP contribution in [-0.2, 0) is 9.09 Å². The normalized spacial score (nSPS) is 11.7. The number of unbranched alkanes of at least 4 members (excludes halogenated alkanes) is 6. The highest BCUT2D eigenvalue weighted by atomic mass is 31.1. The predicted octanol–water partition coefficient (Wildman–Crippen LogP) is 4.91. The Bertz CT molecular complexity index is 149. The zero-order valence-electron chi connectivity index (χ0n) is 10.3. The molecule has 90 valence electrons. The standard InChI is InChI=1S/C12H26O2P/c1-3-5-7-8-9-10-11-14-15(13)12-6-4-2/h3-12H2,1-2H3/q+1. The molecule has 0 heterocycles. The van der Waals surface area contributed by atoms with Crippen LogP contribution in [0.2, 0.25) is 0 Å². The maximum atomic E-state index is 11.3. The zero-order valence-corrected chi connectivity index (χ0v) is 11.2. The minimum Gasteiger partial charge on any atom is -0.146 e. The Hall–Kier alpha value is 0.0600. The molecule has 1 unspecified atom stereocenters. The lowest BCUT2D eigenvalue weighted by Crippen LogP contribution is -1.89. The molecule has 3 heteroatoms. The van der Waals surface area contributed by atoms with Gasteiger partial charge in [-0.2, -0.15) is 0 Å². The lowest BCUT2D eigenvalue weighted by Gasteiger charge is -1.97. The molecule has 0 saturated heterocycles. The zero-order chi connectivity index (χ0) is 11.4. The molecule has 0 aliphatic heterocycles. The van der Waals surface area contributed by atoms with E-state index in [1.54, 1.807) is 0 Å². The van der Waals surface area contributed by atoms with Crippen LogP contribution in [0, 0.1) is 0 Å². The summed E-state index contributed by atoms with van der Waals surface area (Å²) in [5, 5.41) is 0. The van der Waals surface area contributed by atoms with E-state index in [4.69, 9.17) is 4.52 Å². The Balaban J connectivity index is 3.06. The van der Waals surface area contributed by atoms with E-state index in [0.717, 1.165) is 25.4 Å². The van der Waals surface area contributed by atoms with Gasteiger partial charge in [-0.1, -0.05) is 52.4 Å². The van der Waals surface area contributed by atoms with E-state index < -0.39 is 8.03 Å². The maximum absolute atomic E-state index is 11.3. The highest BCUT2D eigenvalue weighted by Gasteiger charge is 2.14. The molecule has 0 saturated carbocycles. The Morgan fingerprint density at radius 3 is 2.13 bits per heavy atom. The summed E-state index contributed by atoms with van der Waals surface area (Å²) in [5.41, 5.74) is 0. The van der Waals surface area contributed by atoms with E-state index in [1.807, 2.05) is 0 Å². The van der Waals surface area contributed by atoms with Crippen molar-refractivity contribution in [3.8, 4) is 0 Å². The molecule has 0 fully saturated rings. The summed E-state index contributed by atoms with van der Waals surface area (Å²) >= 11 is 0. The fraction of sp³-hybridized carbons (Fsp3) is 1.00. The summed E-state index contributed by atoms with van der Waals surface area (Å²) < 4.78 is 16.5. The maximum Gasteiger partial charge on any atom is 0.508 e. The van der Waals surface area contributed by atoms with Gasteiger partial charge < -0.3 is 0 Å². The quantitative estimate of drug-likeness (QED) is 0.374. The van der Waals surface area contributed by atoms with E-state index >= 15 is 0 Å². The van der Waals surface area contributed by atoms with Gasteiger partial charge in [0.1, 0.15) is 6.61 Å². The van der Waals surface area contributed by atoms with Gasteiger partial charge >= 0.3 is 8.03 Å². The van der Waals surface area contributed by atoms with Gasteiger partial charge in [0.15, 0.2) is 6.16 Å². The summed E-state index contributed by atoms with van der Waals surface area (Å²) in [6.45, 7) is 5.02. The molecule has 0 spiro atoms. The minimum absolute atomic E-state index is 0.686. The molecule has 0 aliphatic rings. The van der Waals surface area contributed by atoms with Gasteiger partial charge in [0.05, 0.1) is 0 Å². The van der Waals surface area contributed by atoms with Crippen LogP contribution in [0.4, 0.5) is 0 Å². The average molecular weight is 233 g/mol. The van der Waals surface area contributed by atoms with Crippen molar-refractivity contribution in [3.63, 3.8) is 0 Å². The average Bonchev–Trinajstić information content (AvgIpc) is 2.25. The van der Waals surface area contributed by atoms with Gasteiger partial charge in [0.25, 0.3) is 0 Å². The summed E-state index contributed by atoms with van der Waals surface area (Å²) in [5.74, 6) is 0. The van der Waals surface area contributed by atoms with E-state index in [0.29, 0.717) is 6.61 Å². The summed E-state index contributed by atoms with van der Waals surface area (Å²) in [6, 6.07) is 0. The molecule has 0 radical (unpaired) electrons. The van der Waals surface area contributed by atoms with Gasteiger partial charge in [-0.25, -0.2) is 0 Å². The third-order valence-corrected chi connectivity index (χ3v) is 3.58. The van der Waals surface area contributed by atoms with Crippen molar-refractivity contribution in [2.24, 2.45) is 0 Å². The Morgan fingerprint density at radius 2 is 1.47 bits per heavy atom. The highest BCUT2D eigenvalue weighted by Crippen LogP contribution is 2.24. The molecule has 0 aliphatic carbocycles. The van der Waals surface area contributed by atoms with Gasteiger partial charge in [0, 0.05) is 0 Å². The monoisotopic (exact) mass is 233 g/mol. The second-order valence-corrected chi connectivity index (χ2v) is 5.38. The van der Waals surface area contributed by atoms with E-state index in [1.165, 1.54) is 32.1 Å². The lowest BCUT2D eigenvalue weighted by atomic mass is 10.1. The number of hydrogen-bond donors (Lipinski definition) is 0. The van der Waals surface area contributed by atoms with E-state index in [2.05, 4.69) is 13.8 Å². The molecule has 0 aromatic heterocycles. The molecule has 0 N–H and O–H groups in total.